The standard InChI is InChI=1S/C24H26ClN3O3/c1-4-28(16-17-9-11-18(12-10-17)24(30)27(2)3)23(29)14-13-22-26-15-21(31-22)19-7-5-6-8-20(19)25/h5-12,15H,4,13-14,16H2,1-3H3. The number of rotatable bonds is 8. The number of aryl methyl sites for hydroxylation is 1. The molecular formula is C24H26ClN3O3. The molecule has 0 atom stereocenters. The van der Waals surface area contributed by atoms with E-state index in [1.54, 1.807) is 43.4 Å². The fourth-order valence-electron chi connectivity index (χ4n) is 3.19. The normalized spacial score (nSPS) is 10.7. The quantitative estimate of drug-likeness (QED) is 0.511. The third kappa shape index (κ3) is 5.73. The van der Waals surface area contributed by atoms with Crippen molar-refractivity contribution in [2.45, 2.75) is 26.3 Å². The maximum absolute atomic E-state index is 12.7. The Balaban J connectivity index is 1.58. The lowest BCUT2D eigenvalue weighted by molar-refractivity contribution is -0.131. The van der Waals surface area contributed by atoms with Crippen LogP contribution in [0.25, 0.3) is 11.3 Å². The highest BCUT2D eigenvalue weighted by Crippen LogP contribution is 2.28. The van der Waals surface area contributed by atoms with Gasteiger partial charge in [-0.25, -0.2) is 4.98 Å². The summed E-state index contributed by atoms with van der Waals surface area (Å²) >= 11 is 6.21. The molecule has 0 fully saturated rings. The minimum Gasteiger partial charge on any atom is -0.441 e. The Bertz CT molecular complexity index is 1040. The summed E-state index contributed by atoms with van der Waals surface area (Å²) < 4.78 is 5.79. The van der Waals surface area contributed by atoms with Gasteiger partial charge in [-0.2, -0.15) is 0 Å². The predicted molar refractivity (Wildman–Crippen MR) is 121 cm³/mol. The molecule has 0 radical (unpaired) electrons. The first-order valence-corrected chi connectivity index (χ1v) is 10.5. The second-order valence-corrected chi connectivity index (χ2v) is 7.81. The van der Waals surface area contributed by atoms with E-state index in [4.69, 9.17) is 16.0 Å². The van der Waals surface area contributed by atoms with Gasteiger partial charge in [0.25, 0.3) is 5.91 Å². The molecule has 0 spiro atoms. The van der Waals surface area contributed by atoms with Crippen molar-refractivity contribution in [2.24, 2.45) is 0 Å². The molecule has 0 aliphatic carbocycles. The van der Waals surface area contributed by atoms with Gasteiger partial charge < -0.3 is 14.2 Å². The molecule has 1 aromatic heterocycles. The number of amides is 2. The summed E-state index contributed by atoms with van der Waals surface area (Å²) in [5.74, 6) is 1.07. The fraction of sp³-hybridized carbons (Fsp3) is 0.292. The molecule has 0 bridgehead atoms. The summed E-state index contributed by atoms with van der Waals surface area (Å²) in [5, 5.41) is 0.594. The molecule has 2 aromatic carbocycles. The molecule has 6 nitrogen and oxygen atoms in total. The summed E-state index contributed by atoms with van der Waals surface area (Å²) in [6, 6.07) is 14.8. The van der Waals surface area contributed by atoms with Gasteiger partial charge in [-0.05, 0) is 36.8 Å². The molecule has 0 saturated carbocycles. The molecule has 0 aliphatic rings. The second kappa shape index (κ2) is 10.3. The van der Waals surface area contributed by atoms with Crippen LogP contribution >= 0.6 is 11.6 Å². The van der Waals surface area contributed by atoms with E-state index in [1.807, 2.05) is 37.3 Å². The Morgan fingerprint density at radius 3 is 2.42 bits per heavy atom. The molecule has 2 amide bonds. The number of aromatic nitrogens is 1. The van der Waals surface area contributed by atoms with Crippen LogP contribution in [-0.4, -0.2) is 47.2 Å². The third-order valence-electron chi connectivity index (χ3n) is 4.96. The van der Waals surface area contributed by atoms with Crippen LogP contribution in [0.15, 0.2) is 59.1 Å². The number of benzene rings is 2. The van der Waals surface area contributed by atoms with Crippen LogP contribution in [0.1, 0.15) is 35.2 Å². The van der Waals surface area contributed by atoms with E-state index in [9.17, 15) is 9.59 Å². The van der Waals surface area contributed by atoms with Gasteiger partial charge >= 0.3 is 0 Å². The van der Waals surface area contributed by atoms with Crippen molar-refractivity contribution in [1.82, 2.24) is 14.8 Å². The maximum Gasteiger partial charge on any atom is 0.253 e. The van der Waals surface area contributed by atoms with Crippen molar-refractivity contribution in [1.29, 1.82) is 0 Å². The summed E-state index contributed by atoms with van der Waals surface area (Å²) in [4.78, 5) is 32.3. The van der Waals surface area contributed by atoms with Crippen LogP contribution < -0.4 is 0 Å². The molecule has 0 aliphatic heterocycles. The van der Waals surface area contributed by atoms with Crippen molar-refractivity contribution in [2.75, 3.05) is 20.6 Å². The van der Waals surface area contributed by atoms with Crippen LogP contribution in [0.2, 0.25) is 5.02 Å². The van der Waals surface area contributed by atoms with Gasteiger partial charge in [0.15, 0.2) is 11.7 Å². The highest BCUT2D eigenvalue weighted by Gasteiger charge is 2.16. The summed E-state index contributed by atoms with van der Waals surface area (Å²) in [6.07, 6.45) is 2.35. The zero-order chi connectivity index (χ0) is 22.4. The molecule has 162 valence electrons. The number of hydrogen-bond donors (Lipinski definition) is 0. The zero-order valence-corrected chi connectivity index (χ0v) is 18.7. The number of nitrogens with zero attached hydrogens (tertiary/aromatic N) is 3. The van der Waals surface area contributed by atoms with Crippen LogP contribution in [0.4, 0.5) is 0 Å². The van der Waals surface area contributed by atoms with Crippen LogP contribution in [0, 0.1) is 0 Å². The number of carbonyl (C=O) groups excluding carboxylic acids is 2. The van der Waals surface area contributed by atoms with Gasteiger partial charge in [0.05, 0.1) is 11.2 Å². The summed E-state index contributed by atoms with van der Waals surface area (Å²) in [5.41, 5.74) is 2.38. The van der Waals surface area contributed by atoms with Crippen LogP contribution in [0.5, 0.6) is 0 Å². The third-order valence-corrected chi connectivity index (χ3v) is 5.29. The topological polar surface area (TPSA) is 66.7 Å². The van der Waals surface area contributed by atoms with E-state index in [1.165, 1.54) is 4.90 Å². The Kier molecular flexibility index (Phi) is 7.47. The van der Waals surface area contributed by atoms with Gasteiger partial charge in [-0.15, -0.1) is 0 Å². The van der Waals surface area contributed by atoms with E-state index in [0.29, 0.717) is 48.2 Å². The molecule has 3 rings (SSSR count). The molecule has 1 heterocycles. The number of carbonyl (C=O) groups is 2. The number of halogens is 1. The van der Waals surface area contributed by atoms with Gasteiger partial charge in [0, 0.05) is 51.2 Å². The van der Waals surface area contributed by atoms with Crippen molar-refractivity contribution in [3.8, 4) is 11.3 Å². The van der Waals surface area contributed by atoms with E-state index in [-0.39, 0.29) is 11.8 Å². The Labute approximate surface area is 187 Å². The largest absolute Gasteiger partial charge is 0.441 e. The Hall–Kier alpha value is -3.12. The molecule has 0 unspecified atom stereocenters. The van der Waals surface area contributed by atoms with E-state index >= 15 is 0 Å². The number of hydrogen-bond acceptors (Lipinski definition) is 4. The van der Waals surface area contributed by atoms with Crippen molar-refractivity contribution in [3.05, 3.63) is 76.8 Å². The zero-order valence-electron chi connectivity index (χ0n) is 18.0. The van der Waals surface area contributed by atoms with E-state index in [2.05, 4.69) is 4.98 Å². The molecule has 0 saturated heterocycles. The fourth-order valence-corrected chi connectivity index (χ4v) is 3.42. The molecule has 31 heavy (non-hydrogen) atoms. The number of oxazole rings is 1. The first-order chi connectivity index (χ1) is 14.9. The van der Waals surface area contributed by atoms with Gasteiger partial charge in [-0.1, -0.05) is 35.9 Å². The monoisotopic (exact) mass is 439 g/mol. The Morgan fingerprint density at radius 2 is 1.77 bits per heavy atom. The van der Waals surface area contributed by atoms with Gasteiger partial charge in [-0.3, -0.25) is 9.59 Å². The van der Waals surface area contributed by atoms with Crippen LogP contribution in [0.3, 0.4) is 0 Å². The van der Waals surface area contributed by atoms with Crippen molar-refractivity contribution in [3.63, 3.8) is 0 Å². The van der Waals surface area contributed by atoms with Crippen molar-refractivity contribution < 1.29 is 14.0 Å². The SMILES string of the molecule is CCN(Cc1ccc(C(=O)N(C)C)cc1)C(=O)CCc1ncc(-c2ccccc2Cl)o1. The predicted octanol–water partition coefficient (Wildman–Crippen LogP) is 4.68. The molecule has 0 N–H and O–H groups in total. The van der Waals surface area contributed by atoms with E-state index in [0.717, 1.165) is 11.1 Å². The highest BCUT2D eigenvalue weighted by atomic mass is 35.5. The lowest BCUT2D eigenvalue weighted by Gasteiger charge is -2.21. The minimum absolute atomic E-state index is 0.0217. The lowest BCUT2D eigenvalue weighted by atomic mass is 10.1. The first-order valence-electron chi connectivity index (χ1n) is 10.2. The highest BCUT2D eigenvalue weighted by molar-refractivity contribution is 6.33. The van der Waals surface area contributed by atoms with Crippen molar-refractivity contribution >= 4 is 23.4 Å². The molecular weight excluding hydrogens is 414 g/mol. The summed E-state index contributed by atoms with van der Waals surface area (Å²) in [7, 11) is 3.44. The van der Waals surface area contributed by atoms with Gasteiger partial charge in [0.1, 0.15) is 0 Å². The van der Waals surface area contributed by atoms with Gasteiger partial charge in [0.2, 0.25) is 5.91 Å². The van der Waals surface area contributed by atoms with E-state index < -0.39 is 0 Å². The second-order valence-electron chi connectivity index (χ2n) is 7.40. The average molecular weight is 440 g/mol. The first kappa shape index (κ1) is 22.6. The Morgan fingerprint density at radius 1 is 1.06 bits per heavy atom. The molecule has 7 heteroatoms. The van der Waals surface area contributed by atoms with Crippen LogP contribution in [-0.2, 0) is 17.8 Å². The summed E-state index contributed by atoms with van der Waals surface area (Å²) in [6.45, 7) is 3.03. The lowest BCUT2D eigenvalue weighted by Crippen LogP contribution is -2.30. The minimum atomic E-state index is -0.0444. The smallest absolute Gasteiger partial charge is 0.253 e. The average Bonchev–Trinajstić information content (AvgIpc) is 3.24. The maximum atomic E-state index is 12.7. The molecule has 3 aromatic rings.